The van der Waals surface area contributed by atoms with Crippen molar-refractivity contribution in [3.8, 4) is 5.75 Å². The summed E-state index contributed by atoms with van der Waals surface area (Å²) in [6, 6.07) is 4.95. The quantitative estimate of drug-likeness (QED) is 0.784. The van der Waals surface area contributed by atoms with Gasteiger partial charge in [-0.15, -0.1) is 10.2 Å². The summed E-state index contributed by atoms with van der Waals surface area (Å²) < 4.78 is 7.10. The van der Waals surface area contributed by atoms with Gasteiger partial charge in [-0.3, -0.25) is 4.79 Å². The fourth-order valence-electron chi connectivity index (χ4n) is 1.73. The number of aryl methyl sites for hydroxylation is 1. The first-order valence-electron chi connectivity index (χ1n) is 6.24. The molecule has 0 saturated carbocycles. The Labute approximate surface area is 116 Å². The van der Waals surface area contributed by atoms with Crippen molar-refractivity contribution in [2.24, 2.45) is 7.05 Å². The molecule has 20 heavy (non-hydrogen) atoms. The number of amides is 1. The maximum Gasteiger partial charge on any atom is 0.251 e. The van der Waals surface area contributed by atoms with Crippen LogP contribution >= 0.6 is 0 Å². The van der Waals surface area contributed by atoms with Crippen LogP contribution in [0.1, 0.15) is 23.1 Å². The monoisotopic (exact) mass is 275 g/mol. The third kappa shape index (κ3) is 3.25. The second-order valence-electron chi connectivity index (χ2n) is 4.26. The molecule has 2 aromatic rings. The first-order valence-corrected chi connectivity index (χ1v) is 6.24. The summed E-state index contributed by atoms with van der Waals surface area (Å²) in [7, 11) is 1.81. The lowest BCUT2D eigenvalue weighted by atomic mass is 10.1. The van der Waals surface area contributed by atoms with E-state index in [1.165, 1.54) is 0 Å². The third-order valence-electron chi connectivity index (χ3n) is 2.71. The normalized spacial score (nSPS) is 10.3. The van der Waals surface area contributed by atoms with E-state index in [2.05, 4.69) is 15.5 Å². The Bertz CT molecular complexity index is 609. The van der Waals surface area contributed by atoms with Crippen LogP contribution in [0, 0.1) is 0 Å². The first-order chi connectivity index (χ1) is 9.60. The number of nitrogens with two attached hydrogens (primary N) is 1. The van der Waals surface area contributed by atoms with Gasteiger partial charge in [0.15, 0.2) is 5.82 Å². The highest BCUT2D eigenvalue weighted by atomic mass is 16.5. The van der Waals surface area contributed by atoms with Crippen molar-refractivity contribution in [1.82, 2.24) is 20.1 Å². The van der Waals surface area contributed by atoms with Gasteiger partial charge in [0.1, 0.15) is 12.1 Å². The van der Waals surface area contributed by atoms with Crippen LogP contribution in [0.3, 0.4) is 0 Å². The second kappa shape index (κ2) is 6.05. The topological polar surface area (TPSA) is 95.1 Å². The number of carbonyl (C=O) groups is 1. The number of nitrogen functional groups attached to an aromatic ring is 1. The highest BCUT2D eigenvalue weighted by Crippen LogP contribution is 2.19. The zero-order chi connectivity index (χ0) is 14.5. The zero-order valence-electron chi connectivity index (χ0n) is 11.5. The summed E-state index contributed by atoms with van der Waals surface area (Å²) in [4.78, 5) is 12.1. The van der Waals surface area contributed by atoms with Gasteiger partial charge < -0.3 is 20.4 Å². The summed E-state index contributed by atoms with van der Waals surface area (Å²) in [6.07, 6.45) is 1.58. The summed E-state index contributed by atoms with van der Waals surface area (Å²) in [5.41, 5.74) is 6.70. The van der Waals surface area contributed by atoms with Gasteiger partial charge in [0.05, 0.1) is 13.2 Å². The number of nitrogens with zero attached hydrogens (tertiary/aromatic N) is 3. The van der Waals surface area contributed by atoms with Gasteiger partial charge in [0.2, 0.25) is 0 Å². The number of aromatic nitrogens is 3. The van der Waals surface area contributed by atoms with Crippen LogP contribution in [-0.4, -0.2) is 27.3 Å². The van der Waals surface area contributed by atoms with Gasteiger partial charge in [-0.25, -0.2) is 0 Å². The van der Waals surface area contributed by atoms with Crippen LogP contribution in [0.2, 0.25) is 0 Å². The van der Waals surface area contributed by atoms with Crippen molar-refractivity contribution in [2.75, 3.05) is 12.3 Å². The third-order valence-corrected chi connectivity index (χ3v) is 2.71. The van der Waals surface area contributed by atoms with E-state index in [9.17, 15) is 4.79 Å². The van der Waals surface area contributed by atoms with Crippen LogP contribution in [0.25, 0.3) is 0 Å². The van der Waals surface area contributed by atoms with Crippen molar-refractivity contribution < 1.29 is 9.53 Å². The Morgan fingerprint density at radius 3 is 2.90 bits per heavy atom. The SMILES string of the molecule is CCOc1cc(N)cc(C(=O)NCc2nncn2C)c1. The van der Waals surface area contributed by atoms with Crippen LogP contribution in [0.15, 0.2) is 24.5 Å². The lowest BCUT2D eigenvalue weighted by molar-refractivity contribution is 0.0949. The van der Waals surface area contributed by atoms with Crippen LogP contribution < -0.4 is 15.8 Å². The minimum absolute atomic E-state index is 0.235. The smallest absolute Gasteiger partial charge is 0.251 e. The van der Waals surface area contributed by atoms with Gasteiger partial charge in [0, 0.05) is 24.4 Å². The minimum Gasteiger partial charge on any atom is -0.494 e. The van der Waals surface area contributed by atoms with Crippen molar-refractivity contribution in [1.29, 1.82) is 0 Å². The number of hydrogen-bond acceptors (Lipinski definition) is 5. The van der Waals surface area contributed by atoms with E-state index in [1.807, 2.05) is 14.0 Å². The highest BCUT2D eigenvalue weighted by molar-refractivity contribution is 5.95. The van der Waals surface area contributed by atoms with E-state index < -0.39 is 0 Å². The lowest BCUT2D eigenvalue weighted by Crippen LogP contribution is -2.24. The fraction of sp³-hybridized carbons (Fsp3) is 0.308. The molecular formula is C13H17N5O2. The van der Waals surface area contributed by atoms with Crippen molar-refractivity contribution in [3.05, 3.63) is 35.9 Å². The number of benzene rings is 1. The van der Waals surface area contributed by atoms with Crippen molar-refractivity contribution >= 4 is 11.6 Å². The number of nitrogens with one attached hydrogen (secondary N) is 1. The fourth-order valence-corrected chi connectivity index (χ4v) is 1.73. The molecule has 0 aliphatic heterocycles. The van der Waals surface area contributed by atoms with E-state index in [4.69, 9.17) is 10.5 Å². The Morgan fingerprint density at radius 1 is 1.45 bits per heavy atom. The molecule has 3 N–H and O–H groups in total. The number of hydrogen-bond donors (Lipinski definition) is 2. The van der Waals surface area contributed by atoms with E-state index in [-0.39, 0.29) is 5.91 Å². The molecule has 0 unspecified atom stereocenters. The molecule has 0 bridgehead atoms. The molecule has 0 atom stereocenters. The Morgan fingerprint density at radius 2 is 2.25 bits per heavy atom. The molecule has 0 saturated heterocycles. The molecule has 0 radical (unpaired) electrons. The average molecular weight is 275 g/mol. The van der Waals surface area contributed by atoms with Crippen LogP contribution in [-0.2, 0) is 13.6 Å². The molecule has 1 aromatic carbocycles. The maximum absolute atomic E-state index is 12.1. The first kappa shape index (κ1) is 13.9. The molecule has 1 aromatic heterocycles. The van der Waals surface area contributed by atoms with E-state index in [0.29, 0.717) is 36.0 Å². The maximum atomic E-state index is 12.1. The average Bonchev–Trinajstić information content (AvgIpc) is 2.81. The zero-order valence-corrected chi connectivity index (χ0v) is 11.5. The number of anilines is 1. The summed E-state index contributed by atoms with van der Waals surface area (Å²) in [6.45, 7) is 2.69. The lowest BCUT2D eigenvalue weighted by Gasteiger charge is -2.08. The molecule has 0 fully saturated rings. The molecule has 0 aliphatic carbocycles. The predicted molar refractivity (Wildman–Crippen MR) is 74.2 cm³/mol. The minimum atomic E-state index is -0.235. The standard InChI is InChI=1S/C13H17N5O2/c1-3-20-11-5-9(4-10(14)6-11)13(19)15-7-12-17-16-8-18(12)2/h4-6,8H,3,7,14H2,1-2H3,(H,15,19). The molecule has 2 rings (SSSR count). The van der Waals surface area contributed by atoms with Crippen molar-refractivity contribution in [2.45, 2.75) is 13.5 Å². The molecule has 106 valence electrons. The molecule has 0 spiro atoms. The van der Waals surface area contributed by atoms with Crippen molar-refractivity contribution in [3.63, 3.8) is 0 Å². The Kier molecular flexibility index (Phi) is 4.19. The van der Waals surface area contributed by atoms with E-state index >= 15 is 0 Å². The van der Waals surface area contributed by atoms with Gasteiger partial charge >= 0.3 is 0 Å². The van der Waals surface area contributed by atoms with Gasteiger partial charge in [-0.1, -0.05) is 0 Å². The van der Waals surface area contributed by atoms with Gasteiger partial charge in [-0.05, 0) is 19.1 Å². The molecule has 7 heteroatoms. The highest BCUT2D eigenvalue weighted by Gasteiger charge is 2.10. The molecule has 7 nitrogen and oxygen atoms in total. The van der Waals surface area contributed by atoms with Gasteiger partial charge in [0.25, 0.3) is 5.91 Å². The molecule has 1 amide bonds. The van der Waals surface area contributed by atoms with Gasteiger partial charge in [-0.2, -0.15) is 0 Å². The Balaban J connectivity index is 2.07. The van der Waals surface area contributed by atoms with Crippen LogP contribution in [0.5, 0.6) is 5.75 Å². The van der Waals surface area contributed by atoms with Crippen LogP contribution in [0.4, 0.5) is 5.69 Å². The summed E-state index contributed by atoms with van der Waals surface area (Å²) >= 11 is 0. The molecular weight excluding hydrogens is 258 g/mol. The molecule has 0 aliphatic rings. The van der Waals surface area contributed by atoms with E-state index in [1.54, 1.807) is 29.1 Å². The summed E-state index contributed by atoms with van der Waals surface area (Å²) in [5, 5.41) is 10.4. The predicted octanol–water partition coefficient (Wildman–Crippen LogP) is 0.726. The largest absolute Gasteiger partial charge is 0.494 e. The number of carbonyl (C=O) groups excluding carboxylic acids is 1. The van der Waals surface area contributed by atoms with E-state index in [0.717, 1.165) is 0 Å². The number of ether oxygens (including phenoxy) is 1. The summed E-state index contributed by atoms with van der Waals surface area (Å²) in [5.74, 6) is 1.02. The Hall–Kier alpha value is -2.57. The molecule has 1 heterocycles. The second-order valence-corrected chi connectivity index (χ2v) is 4.26. The number of rotatable bonds is 5.